The van der Waals surface area contributed by atoms with E-state index >= 15 is 0 Å². The Morgan fingerprint density at radius 1 is 0.862 bits per heavy atom. The lowest BCUT2D eigenvalue weighted by Crippen LogP contribution is -2.35. The normalized spacial score (nSPS) is 15.2. The molecule has 1 N–H and O–H groups in total. The van der Waals surface area contributed by atoms with Crippen LogP contribution in [0.2, 0.25) is 0 Å². The minimum Gasteiger partial charge on any atom is -0.356 e. The molecule has 1 aliphatic heterocycles. The first kappa shape index (κ1) is 21.5. The van der Waals surface area contributed by atoms with Gasteiger partial charge in [-0.3, -0.25) is 4.79 Å². The molecule has 1 amide bonds. The number of amides is 1. The number of rotatable bonds is 9. The Morgan fingerprint density at radius 2 is 1.52 bits per heavy atom. The van der Waals surface area contributed by atoms with E-state index in [2.05, 4.69) is 17.4 Å². The smallest absolute Gasteiger partial charge is 0.243 e. The van der Waals surface area contributed by atoms with Gasteiger partial charge in [0.2, 0.25) is 15.9 Å². The minimum atomic E-state index is -3.39. The molecule has 5 nitrogen and oxygen atoms in total. The molecule has 156 valence electrons. The van der Waals surface area contributed by atoms with Gasteiger partial charge in [0.1, 0.15) is 0 Å². The lowest BCUT2D eigenvalue weighted by Gasteiger charge is -2.25. The van der Waals surface area contributed by atoms with Gasteiger partial charge in [-0.05, 0) is 55.4 Å². The molecule has 3 rings (SSSR count). The van der Waals surface area contributed by atoms with Crippen molar-refractivity contribution in [1.29, 1.82) is 0 Å². The van der Waals surface area contributed by atoms with Crippen LogP contribution in [-0.4, -0.2) is 38.3 Å². The SMILES string of the molecule is O=C(CCc1ccc(S(=O)(=O)N2CCCCC2)cc1)NCCCc1ccccc1. The number of carbonyl (C=O) groups is 1. The maximum absolute atomic E-state index is 12.7. The van der Waals surface area contributed by atoms with Crippen molar-refractivity contribution < 1.29 is 13.2 Å². The molecule has 0 aliphatic carbocycles. The van der Waals surface area contributed by atoms with Gasteiger partial charge in [0.05, 0.1) is 4.90 Å². The van der Waals surface area contributed by atoms with Gasteiger partial charge in [-0.2, -0.15) is 4.31 Å². The molecule has 0 spiro atoms. The van der Waals surface area contributed by atoms with Gasteiger partial charge in [0.25, 0.3) is 0 Å². The standard InChI is InChI=1S/C23H30N2O3S/c26-23(24-17-7-10-20-8-3-1-4-9-20)16-13-21-11-14-22(15-12-21)29(27,28)25-18-5-2-6-19-25/h1,3-4,8-9,11-12,14-15H,2,5-7,10,13,16-19H2,(H,24,26). The van der Waals surface area contributed by atoms with Crippen molar-refractivity contribution in [2.45, 2.75) is 49.8 Å². The van der Waals surface area contributed by atoms with Crippen LogP contribution in [0, 0.1) is 0 Å². The van der Waals surface area contributed by atoms with E-state index in [9.17, 15) is 13.2 Å². The van der Waals surface area contributed by atoms with E-state index in [0.717, 1.165) is 37.7 Å². The maximum Gasteiger partial charge on any atom is 0.243 e. The van der Waals surface area contributed by atoms with E-state index in [4.69, 9.17) is 0 Å². The summed E-state index contributed by atoms with van der Waals surface area (Å²) >= 11 is 0. The molecule has 2 aromatic rings. The quantitative estimate of drug-likeness (QED) is 0.638. The number of nitrogens with zero attached hydrogens (tertiary/aromatic N) is 1. The fraction of sp³-hybridized carbons (Fsp3) is 0.435. The molecule has 0 unspecified atom stereocenters. The summed E-state index contributed by atoms with van der Waals surface area (Å²) in [6.45, 7) is 1.88. The summed E-state index contributed by atoms with van der Waals surface area (Å²) in [6, 6.07) is 17.2. The van der Waals surface area contributed by atoms with Crippen molar-refractivity contribution >= 4 is 15.9 Å². The summed E-state index contributed by atoms with van der Waals surface area (Å²) in [6.07, 6.45) is 5.83. The van der Waals surface area contributed by atoms with Gasteiger partial charge in [0, 0.05) is 26.1 Å². The molecule has 0 saturated carbocycles. The number of benzene rings is 2. The van der Waals surface area contributed by atoms with Gasteiger partial charge in [-0.1, -0.05) is 48.9 Å². The van der Waals surface area contributed by atoms with E-state index in [1.165, 1.54) is 5.56 Å². The van der Waals surface area contributed by atoms with Crippen molar-refractivity contribution in [3.8, 4) is 0 Å². The highest BCUT2D eigenvalue weighted by atomic mass is 32.2. The molecule has 0 aromatic heterocycles. The van der Waals surface area contributed by atoms with Crippen LogP contribution in [0.4, 0.5) is 0 Å². The summed E-state index contributed by atoms with van der Waals surface area (Å²) in [5.41, 5.74) is 2.25. The van der Waals surface area contributed by atoms with Crippen LogP contribution < -0.4 is 5.32 Å². The first-order valence-corrected chi connectivity index (χ1v) is 11.9. The summed E-state index contributed by atoms with van der Waals surface area (Å²) in [5, 5.41) is 2.96. The molecule has 0 atom stereocenters. The number of piperidine rings is 1. The average Bonchev–Trinajstić information content (AvgIpc) is 2.77. The Bertz CT molecular complexity index is 874. The second kappa shape index (κ2) is 10.6. The number of aryl methyl sites for hydroxylation is 2. The zero-order valence-electron chi connectivity index (χ0n) is 16.8. The number of hydrogen-bond acceptors (Lipinski definition) is 3. The summed E-state index contributed by atoms with van der Waals surface area (Å²) in [4.78, 5) is 12.4. The van der Waals surface area contributed by atoms with E-state index in [0.29, 0.717) is 37.4 Å². The highest BCUT2D eigenvalue weighted by molar-refractivity contribution is 7.89. The van der Waals surface area contributed by atoms with E-state index in [1.54, 1.807) is 16.4 Å². The second-order valence-electron chi connectivity index (χ2n) is 7.55. The van der Waals surface area contributed by atoms with Crippen LogP contribution >= 0.6 is 0 Å². The topological polar surface area (TPSA) is 66.5 Å². The summed E-state index contributed by atoms with van der Waals surface area (Å²) < 4.78 is 26.9. The Balaban J connectivity index is 1.41. The molecule has 1 fully saturated rings. The second-order valence-corrected chi connectivity index (χ2v) is 9.49. The Hall–Kier alpha value is -2.18. The van der Waals surface area contributed by atoms with Gasteiger partial charge in [0.15, 0.2) is 0 Å². The molecular formula is C23H30N2O3S. The van der Waals surface area contributed by atoms with Crippen LogP contribution in [0.1, 0.15) is 43.2 Å². The van der Waals surface area contributed by atoms with E-state index in [-0.39, 0.29) is 5.91 Å². The number of carbonyl (C=O) groups excluding carboxylic acids is 1. The Kier molecular flexibility index (Phi) is 7.83. The average molecular weight is 415 g/mol. The van der Waals surface area contributed by atoms with Crippen molar-refractivity contribution in [2.75, 3.05) is 19.6 Å². The van der Waals surface area contributed by atoms with Crippen LogP contribution in [0.5, 0.6) is 0 Å². The fourth-order valence-corrected chi connectivity index (χ4v) is 5.11. The molecular weight excluding hydrogens is 384 g/mol. The third-order valence-corrected chi connectivity index (χ3v) is 7.24. The van der Waals surface area contributed by atoms with Gasteiger partial charge in [-0.25, -0.2) is 8.42 Å². The molecule has 0 bridgehead atoms. The first-order valence-electron chi connectivity index (χ1n) is 10.5. The van der Waals surface area contributed by atoms with Crippen molar-refractivity contribution in [2.24, 2.45) is 0 Å². The largest absolute Gasteiger partial charge is 0.356 e. The first-order chi connectivity index (χ1) is 14.1. The molecule has 1 heterocycles. The molecule has 1 saturated heterocycles. The van der Waals surface area contributed by atoms with E-state index < -0.39 is 10.0 Å². The Morgan fingerprint density at radius 3 is 2.21 bits per heavy atom. The molecule has 0 radical (unpaired) electrons. The predicted molar refractivity (Wildman–Crippen MR) is 115 cm³/mol. The van der Waals surface area contributed by atoms with Crippen LogP contribution in [0.3, 0.4) is 0 Å². The summed E-state index contributed by atoms with van der Waals surface area (Å²) in [7, 11) is -3.39. The van der Waals surface area contributed by atoms with Crippen molar-refractivity contribution in [3.05, 3.63) is 65.7 Å². The third-order valence-electron chi connectivity index (χ3n) is 5.32. The lowest BCUT2D eigenvalue weighted by atomic mass is 10.1. The van der Waals surface area contributed by atoms with Crippen LogP contribution in [0.15, 0.2) is 59.5 Å². The van der Waals surface area contributed by atoms with Crippen LogP contribution in [0.25, 0.3) is 0 Å². The Labute approximate surface area is 174 Å². The van der Waals surface area contributed by atoms with Crippen molar-refractivity contribution in [3.63, 3.8) is 0 Å². The number of hydrogen-bond donors (Lipinski definition) is 1. The zero-order valence-corrected chi connectivity index (χ0v) is 17.7. The highest BCUT2D eigenvalue weighted by Gasteiger charge is 2.25. The maximum atomic E-state index is 12.7. The molecule has 6 heteroatoms. The van der Waals surface area contributed by atoms with Crippen molar-refractivity contribution in [1.82, 2.24) is 9.62 Å². The number of nitrogens with one attached hydrogen (secondary N) is 1. The monoisotopic (exact) mass is 414 g/mol. The van der Waals surface area contributed by atoms with Gasteiger partial charge < -0.3 is 5.32 Å². The molecule has 2 aromatic carbocycles. The van der Waals surface area contributed by atoms with Crippen LogP contribution in [-0.2, 0) is 27.7 Å². The molecule has 1 aliphatic rings. The van der Waals surface area contributed by atoms with Gasteiger partial charge in [-0.15, -0.1) is 0 Å². The fourth-order valence-electron chi connectivity index (χ4n) is 3.59. The zero-order chi connectivity index (χ0) is 20.5. The van der Waals surface area contributed by atoms with E-state index in [1.807, 2.05) is 30.3 Å². The molecule has 29 heavy (non-hydrogen) atoms. The van der Waals surface area contributed by atoms with Gasteiger partial charge >= 0.3 is 0 Å². The predicted octanol–water partition coefficient (Wildman–Crippen LogP) is 3.54. The highest BCUT2D eigenvalue weighted by Crippen LogP contribution is 2.21. The third kappa shape index (κ3) is 6.41. The summed E-state index contributed by atoms with van der Waals surface area (Å²) in [5.74, 6) is 0.0306. The number of sulfonamides is 1. The minimum absolute atomic E-state index is 0.0306. The lowest BCUT2D eigenvalue weighted by molar-refractivity contribution is -0.121.